The average molecular weight is 395 g/mol. The van der Waals surface area contributed by atoms with Gasteiger partial charge in [0.15, 0.2) is 16.8 Å². The fourth-order valence-corrected chi connectivity index (χ4v) is 3.48. The molecular formula is C17H17N9OS. The second-order valence-corrected chi connectivity index (χ2v) is 7.54. The molecule has 0 fully saturated rings. The van der Waals surface area contributed by atoms with Crippen molar-refractivity contribution in [1.82, 2.24) is 45.2 Å². The second-order valence-electron chi connectivity index (χ2n) is 6.24. The summed E-state index contributed by atoms with van der Waals surface area (Å²) in [6.45, 7) is 3.99. The lowest BCUT2D eigenvalue weighted by molar-refractivity contribution is 0.717. The van der Waals surface area contributed by atoms with Crippen molar-refractivity contribution < 1.29 is 0 Å². The molecule has 3 aromatic heterocycles. The van der Waals surface area contributed by atoms with E-state index in [0.717, 1.165) is 11.3 Å². The highest BCUT2D eigenvalue weighted by Gasteiger charge is 2.19. The lowest BCUT2D eigenvalue weighted by atomic mass is 10.2. The van der Waals surface area contributed by atoms with Crippen LogP contribution in [0.1, 0.15) is 23.6 Å². The summed E-state index contributed by atoms with van der Waals surface area (Å²) in [7, 11) is 1.84. The second kappa shape index (κ2) is 7.35. The van der Waals surface area contributed by atoms with Crippen LogP contribution in [0.2, 0.25) is 0 Å². The van der Waals surface area contributed by atoms with Gasteiger partial charge in [-0.3, -0.25) is 4.79 Å². The van der Waals surface area contributed by atoms with Crippen LogP contribution in [0.15, 0.2) is 46.5 Å². The Kier molecular flexibility index (Phi) is 4.74. The fraction of sp³-hybridized carbons (Fsp3) is 0.235. The molecule has 142 valence electrons. The van der Waals surface area contributed by atoms with Gasteiger partial charge in [0.25, 0.3) is 5.56 Å². The van der Waals surface area contributed by atoms with E-state index in [1.807, 2.05) is 49.7 Å². The Labute approximate surface area is 164 Å². The number of thioether (sulfide) groups is 1. The molecule has 0 amide bonds. The van der Waals surface area contributed by atoms with Gasteiger partial charge in [-0.25, -0.2) is 5.10 Å². The lowest BCUT2D eigenvalue weighted by Gasteiger charge is -2.07. The summed E-state index contributed by atoms with van der Waals surface area (Å²) in [6.07, 6.45) is 1.54. The minimum absolute atomic E-state index is 0.0911. The van der Waals surface area contributed by atoms with Crippen LogP contribution < -0.4 is 5.56 Å². The normalized spacial score (nSPS) is 12.2. The molecule has 0 aliphatic heterocycles. The molecule has 1 atom stereocenters. The van der Waals surface area contributed by atoms with Crippen LogP contribution in [0.4, 0.5) is 0 Å². The predicted octanol–water partition coefficient (Wildman–Crippen LogP) is 1.70. The molecule has 4 aromatic rings. The van der Waals surface area contributed by atoms with Crippen molar-refractivity contribution in [3.05, 3.63) is 58.3 Å². The molecule has 28 heavy (non-hydrogen) atoms. The molecule has 0 spiro atoms. The Hall–Kier alpha value is -3.34. The Morgan fingerprint density at radius 1 is 1.18 bits per heavy atom. The number of H-pyrrole nitrogens is 1. The van der Waals surface area contributed by atoms with Gasteiger partial charge >= 0.3 is 0 Å². The molecule has 0 aliphatic rings. The van der Waals surface area contributed by atoms with Gasteiger partial charge in [-0.15, -0.1) is 25.2 Å². The highest BCUT2D eigenvalue weighted by Crippen LogP contribution is 2.32. The van der Waals surface area contributed by atoms with Gasteiger partial charge in [0.05, 0.1) is 17.1 Å². The van der Waals surface area contributed by atoms with Crippen LogP contribution in [0.5, 0.6) is 0 Å². The third kappa shape index (κ3) is 3.56. The number of aromatic nitrogens is 9. The van der Waals surface area contributed by atoms with Crippen molar-refractivity contribution in [3.63, 3.8) is 0 Å². The largest absolute Gasteiger partial charge is 0.305 e. The van der Waals surface area contributed by atoms with Gasteiger partial charge in [-0.1, -0.05) is 23.9 Å². The topological polar surface area (TPSA) is 120 Å². The standard InChI is InChI=1S/C17H17N9OS/c1-10-5-4-6-13(7-10)26-23-15(20-24-26)11(2)28-17-22-21-16(25(17)3)12-8-14(27)19-18-9-12/h4-9,11H,1-3H3,(H,19,27). The number of rotatable bonds is 5. The van der Waals surface area contributed by atoms with E-state index < -0.39 is 0 Å². The van der Waals surface area contributed by atoms with Gasteiger partial charge in [-0.2, -0.15) is 5.10 Å². The van der Waals surface area contributed by atoms with E-state index >= 15 is 0 Å². The zero-order valence-corrected chi connectivity index (χ0v) is 16.3. The van der Waals surface area contributed by atoms with Crippen LogP contribution in [-0.4, -0.2) is 45.2 Å². The molecule has 10 nitrogen and oxygen atoms in total. The summed E-state index contributed by atoms with van der Waals surface area (Å²) < 4.78 is 1.81. The zero-order valence-electron chi connectivity index (χ0n) is 15.4. The Morgan fingerprint density at radius 2 is 2.04 bits per heavy atom. The van der Waals surface area contributed by atoms with E-state index in [2.05, 4.69) is 35.8 Å². The van der Waals surface area contributed by atoms with Crippen molar-refractivity contribution in [2.75, 3.05) is 0 Å². The Bertz CT molecular complexity index is 1180. The Morgan fingerprint density at radius 3 is 2.82 bits per heavy atom. The summed E-state index contributed by atoms with van der Waals surface area (Å²) in [5, 5.41) is 27.9. The lowest BCUT2D eigenvalue weighted by Crippen LogP contribution is -2.07. The van der Waals surface area contributed by atoms with Crippen LogP contribution in [0.3, 0.4) is 0 Å². The van der Waals surface area contributed by atoms with Crippen molar-refractivity contribution in [2.24, 2.45) is 7.05 Å². The molecule has 0 aliphatic carbocycles. The first-order valence-corrected chi connectivity index (χ1v) is 9.37. The SMILES string of the molecule is Cc1cccc(-n2nnc(C(C)Sc3nnc(-c4cn[nH]c(=O)c4)n3C)n2)c1. The fourth-order valence-electron chi connectivity index (χ4n) is 2.63. The minimum atomic E-state index is -0.292. The molecule has 1 aromatic carbocycles. The summed E-state index contributed by atoms with van der Waals surface area (Å²) in [5.41, 5.74) is 2.29. The maximum absolute atomic E-state index is 11.5. The quantitative estimate of drug-likeness (QED) is 0.507. The summed E-state index contributed by atoms with van der Waals surface area (Å²) in [6, 6.07) is 9.33. The molecular weight excluding hydrogens is 378 g/mol. The van der Waals surface area contributed by atoms with E-state index in [4.69, 9.17) is 0 Å². The number of nitrogens with one attached hydrogen (secondary N) is 1. The predicted molar refractivity (Wildman–Crippen MR) is 103 cm³/mol. The molecule has 0 saturated carbocycles. The Balaban J connectivity index is 1.55. The van der Waals surface area contributed by atoms with Crippen molar-refractivity contribution >= 4 is 11.8 Å². The number of hydrogen-bond acceptors (Lipinski definition) is 8. The van der Waals surface area contributed by atoms with Gasteiger partial charge in [0.2, 0.25) is 0 Å². The van der Waals surface area contributed by atoms with Gasteiger partial charge in [0.1, 0.15) is 0 Å². The first kappa shape index (κ1) is 18.0. The number of hydrogen-bond donors (Lipinski definition) is 1. The van der Waals surface area contributed by atoms with E-state index in [1.165, 1.54) is 28.8 Å². The highest BCUT2D eigenvalue weighted by atomic mass is 32.2. The molecule has 1 N–H and O–H groups in total. The number of aromatic amines is 1. The summed E-state index contributed by atoms with van der Waals surface area (Å²) in [4.78, 5) is 13.0. The highest BCUT2D eigenvalue weighted by molar-refractivity contribution is 7.99. The van der Waals surface area contributed by atoms with E-state index in [-0.39, 0.29) is 10.8 Å². The maximum Gasteiger partial charge on any atom is 0.264 e. The first-order chi connectivity index (χ1) is 13.5. The minimum Gasteiger partial charge on any atom is -0.305 e. The molecule has 1 unspecified atom stereocenters. The van der Waals surface area contributed by atoms with Gasteiger partial charge in [0, 0.05) is 18.7 Å². The first-order valence-electron chi connectivity index (χ1n) is 8.49. The van der Waals surface area contributed by atoms with E-state index in [0.29, 0.717) is 22.4 Å². The molecule has 4 rings (SSSR count). The number of nitrogens with zero attached hydrogens (tertiary/aromatic N) is 8. The molecule has 11 heteroatoms. The number of aryl methyl sites for hydroxylation is 1. The number of tetrazole rings is 1. The van der Waals surface area contributed by atoms with Crippen LogP contribution in [0.25, 0.3) is 17.1 Å². The van der Waals surface area contributed by atoms with Gasteiger partial charge in [-0.05, 0) is 36.8 Å². The average Bonchev–Trinajstić information content (AvgIpc) is 3.30. The van der Waals surface area contributed by atoms with Crippen LogP contribution in [0, 0.1) is 6.92 Å². The molecule has 3 heterocycles. The summed E-state index contributed by atoms with van der Waals surface area (Å²) in [5.74, 6) is 1.15. The third-order valence-corrected chi connectivity index (χ3v) is 5.20. The smallest absolute Gasteiger partial charge is 0.264 e. The third-order valence-electron chi connectivity index (χ3n) is 4.07. The monoisotopic (exact) mass is 395 g/mol. The van der Waals surface area contributed by atoms with Gasteiger partial charge < -0.3 is 4.57 Å². The summed E-state index contributed by atoms with van der Waals surface area (Å²) >= 11 is 1.46. The van der Waals surface area contributed by atoms with Crippen LogP contribution >= 0.6 is 11.8 Å². The van der Waals surface area contributed by atoms with Crippen molar-refractivity contribution in [1.29, 1.82) is 0 Å². The van der Waals surface area contributed by atoms with Crippen molar-refractivity contribution in [3.8, 4) is 17.1 Å². The number of benzene rings is 1. The van der Waals surface area contributed by atoms with Crippen LogP contribution in [-0.2, 0) is 7.05 Å². The van der Waals surface area contributed by atoms with E-state index in [1.54, 1.807) is 0 Å². The van der Waals surface area contributed by atoms with E-state index in [9.17, 15) is 4.79 Å². The molecule has 0 bridgehead atoms. The zero-order chi connectivity index (χ0) is 19.7. The van der Waals surface area contributed by atoms with Crippen molar-refractivity contribution in [2.45, 2.75) is 24.3 Å². The molecule has 0 radical (unpaired) electrons. The maximum atomic E-state index is 11.5. The molecule has 0 saturated heterocycles.